The molecule has 7 nitrogen and oxygen atoms in total. The Hall–Kier alpha value is -2.98. The van der Waals surface area contributed by atoms with Crippen LogP contribution < -0.4 is 10.6 Å². The number of benzene rings is 2. The van der Waals surface area contributed by atoms with Crippen LogP contribution in [0.2, 0.25) is 0 Å². The smallest absolute Gasteiger partial charge is 0.191 e. The van der Waals surface area contributed by atoms with Gasteiger partial charge in [-0.25, -0.2) is 4.99 Å². The second-order valence-electron chi connectivity index (χ2n) is 7.34. The van der Waals surface area contributed by atoms with Gasteiger partial charge >= 0.3 is 0 Å². The van der Waals surface area contributed by atoms with Gasteiger partial charge in [-0.05, 0) is 35.7 Å². The topological polar surface area (TPSA) is 75.8 Å². The van der Waals surface area contributed by atoms with Gasteiger partial charge in [0.05, 0.1) is 26.3 Å². The average molecular weight is 556 g/mol. The lowest BCUT2D eigenvalue weighted by Crippen LogP contribution is -2.37. The molecule has 0 radical (unpaired) electrons. The van der Waals surface area contributed by atoms with E-state index in [1.807, 2.05) is 59.1 Å². The predicted molar refractivity (Wildman–Crippen MR) is 141 cm³/mol. The zero-order valence-electron chi connectivity index (χ0n) is 18.6. The standard InChI is InChI=1S/C25H28N6O.HI/c1-2-26-25(28-17-24-30-29-23-14-8-9-15-31(23)24)27-16-21-12-6-7-13-22(21)19-32-18-20-10-4-3-5-11-20;/h3-15H,2,16-19H2,1H3,(H2,26,27,28);1H. The molecule has 0 aliphatic carbocycles. The lowest BCUT2D eigenvalue weighted by Gasteiger charge is -2.12. The summed E-state index contributed by atoms with van der Waals surface area (Å²) < 4.78 is 7.91. The summed E-state index contributed by atoms with van der Waals surface area (Å²) >= 11 is 0. The number of nitrogens with zero attached hydrogens (tertiary/aromatic N) is 4. The number of pyridine rings is 1. The fourth-order valence-electron chi connectivity index (χ4n) is 3.39. The Morgan fingerprint density at radius 2 is 1.64 bits per heavy atom. The van der Waals surface area contributed by atoms with Gasteiger partial charge in [0.1, 0.15) is 0 Å². The molecule has 0 aliphatic heterocycles. The third-order valence-corrected chi connectivity index (χ3v) is 5.04. The molecule has 2 N–H and O–H groups in total. The number of halogens is 1. The number of hydrogen-bond donors (Lipinski definition) is 2. The van der Waals surface area contributed by atoms with Crippen LogP contribution in [0.25, 0.3) is 5.65 Å². The van der Waals surface area contributed by atoms with Crippen LogP contribution in [-0.4, -0.2) is 27.1 Å². The van der Waals surface area contributed by atoms with Gasteiger partial charge in [-0.3, -0.25) is 4.40 Å². The van der Waals surface area contributed by atoms with Crippen LogP contribution in [0.5, 0.6) is 0 Å². The van der Waals surface area contributed by atoms with Crippen molar-refractivity contribution in [3.05, 3.63) is 102 Å². The van der Waals surface area contributed by atoms with Crippen molar-refractivity contribution in [3.8, 4) is 0 Å². The summed E-state index contributed by atoms with van der Waals surface area (Å²) in [4.78, 5) is 4.77. The van der Waals surface area contributed by atoms with Crippen molar-refractivity contribution >= 4 is 35.6 Å². The van der Waals surface area contributed by atoms with E-state index < -0.39 is 0 Å². The van der Waals surface area contributed by atoms with Crippen molar-refractivity contribution in [1.82, 2.24) is 25.2 Å². The zero-order chi connectivity index (χ0) is 22.0. The van der Waals surface area contributed by atoms with Gasteiger partial charge in [-0.1, -0.05) is 60.7 Å². The molecule has 2 aromatic heterocycles. The van der Waals surface area contributed by atoms with E-state index in [0.717, 1.165) is 35.1 Å². The molecule has 0 atom stereocenters. The molecule has 0 unspecified atom stereocenters. The summed E-state index contributed by atoms with van der Waals surface area (Å²) in [7, 11) is 0. The third kappa shape index (κ3) is 7.00. The minimum atomic E-state index is 0. The summed E-state index contributed by atoms with van der Waals surface area (Å²) in [5.74, 6) is 1.57. The number of ether oxygens (including phenoxy) is 1. The summed E-state index contributed by atoms with van der Waals surface area (Å²) in [6.07, 6.45) is 1.96. The molecule has 4 rings (SSSR count). The number of fused-ring (bicyclic) bond motifs is 1. The van der Waals surface area contributed by atoms with E-state index >= 15 is 0 Å². The SMILES string of the molecule is CCNC(=NCc1ccccc1COCc1ccccc1)NCc1nnc2ccccn12.I. The highest BCUT2D eigenvalue weighted by atomic mass is 127. The first-order valence-electron chi connectivity index (χ1n) is 10.8. The normalized spacial score (nSPS) is 11.2. The Kier molecular flexibility index (Phi) is 9.64. The van der Waals surface area contributed by atoms with Gasteiger partial charge < -0.3 is 15.4 Å². The first-order chi connectivity index (χ1) is 15.8. The lowest BCUT2D eigenvalue weighted by atomic mass is 10.1. The molecule has 33 heavy (non-hydrogen) atoms. The molecule has 0 bridgehead atoms. The molecule has 8 heteroatoms. The van der Waals surface area contributed by atoms with Crippen LogP contribution in [0.15, 0.2) is 84.0 Å². The Bertz CT molecular complexity index is 1160. The highest BCUT2D eigenvalue weighted by molar-refractivity contribution is 14.0. The fraction of sp³-hybridized carbons (Fsp3) is 0.240. The third-order valence-electron chi connectivity index (χ3n) is 5.04. The number of aromatic nitrogens is 3. The first kappa shape index (κ1) is 24.7. The van der Waals surface area contributed by atoms with E-state index in [9.17, 15) is 0 Å². The van der Waals surface area contributed by atoms with Gasteiger partial charge in [0.2, 0.25) is 0 Å². The molecule has 0 aliphatic rings. The summed E-state index contributed by atoms with van der Waals surface area (Å²) in [5, 5.41) is 15.1. The average Bonchev–Trinajstić information content (AvgIpc) is 3.25. The second kappa shape index (κ2) is 12.9. The van der Waals surface area contributed by atoms with E-state index in [4.69, 9.17) is 9.73 Å². The second-order valence-corrected chi connectivity index (χ2v) is 7.34. The summed E-state index contributed by atoms with van der Waals surface area (Å²) in [6.45, 7) is 5.05. The van der Waals surface area contributed by atoms with Crippen LogP contribution in [0.4, 0.5) is 0 Å². The summed E-state index contributed by atoms with van der Waals surface area (Å²) in [5.41, 5.74) is 4.29. The maximum absolute atomic E-state index is 5.94. The molecular formula is C25H29IN6O. The van der Waals surface area contributed by atoms with Crippen molar-refractivity contribution in [2.45, 2.75) is 33.2 Å². The first-order valence-corrected chi connectivity index (χ1v) is 10.8. The predicted octanol–water partition coefficient (Wildman–Crippen LogP) is 4.32. The van der Waals surface area contributed by atoms with Crippen molar-refractivity contribution in [1.29, 1.82) is 0 Å². The van der Waals surface area contributed by atoms with Crippen LogP contribution >= 0.6 is 24.0 Å². The van der Waals surface area contributed by atoms with E-state index in [-0.39, 0.29) is 24.0 Å². The maximum Gasteiger partial charge on any atom is 0.191 e. The maximum atomic E-state index is 5.94. The highest BCUT2D eigenvalue weighted by Gasteiger charge is 2.07. The number of nitrogens with one attached hydrogen (secondary N) is 2. The van der Waals surface area contributed by atoms with E-state index in [0.29, 0.717) is 26.3 Å². The van der Waals surface area contributed by atoms with Crippen LogP contribution in [0.3, 0.4) is 0 Å². The zero-order valence-corrected chi connectivity index (χ0v) is 21.0. The molecule has 0 saturated heterocycles. The quantitative estimate of drug-likeness (QED) is 0.183. The van der Waals surface area contributed by atoms with Crippen molar-refractivity contribution in [2.24, 2.45) is 4.99 Å². The highest BCUT2D eigenvalue weighted by Crippen LogP contribution is 2.13. The van der Waals surface area contributed by atoms with Gasteiger partial charge in [0.25, 0.3) is 0 Å². The Labute approximate surface area is 211 Å². The Morgan fingerprint density at radius 1 is 0.879 bits per heavy atom. The summed E-state index contributed by atoms with van der Waals surface area (Å²) in [6, 6.07) is 24.3. The fourth-order valence-corrected chi connectivity index (χ4v) is 3.39. The molecule has 0 saturated carbocycles. The Morgan fingerprint density at radius 3 is 2.45 bits per heavy atom. The number of hydrogen-bond acceptors (Lipinski definition) is 4. The molecular weight excluding hydrogens is 527 g/mol. The number of guanidine groups is 1. The minimum absolute atomic E-state index is 0. The van der Waals surface area contributed by atoms with Crippen LogP contribution in [-0.2, 0) is 31.0 Å². The Balaban J connectivity index is 0.00000306. The lowest BCUT2D eigenvalue weighted by molar-refractivity contribution is 0.106. The van der Waals surface area contributed by atoms with Gasteiger partial charge in [-0.2, -0.15) is 0 Å². The van der Waals surface area contributed by atoms with Gasteiger partial charge in [0, 0.05) is 12.7 Å². The van der Waals surface area contributed by atoms with Crippen molar-refractivity contribution in [2.75, 3.05) is 6.54 Å². The molecule has 172 valence electrons. The molecule has 2 heterocycles. The van der Waals surface area contributed by atoms with Gasteiger partial charge in [0.15, 0.2) is 17.4 Å². The van der Waals surface area contributed by atoms with Crippen LogP contribution in [0.1, 0.15) is 29.4 Å². The molecule has 4 aromatic rings. The van der Waals surface area contributed by atoms with E-state index in [1.54, 1.807) is 0 Å². The monoisotopic (exact) mass is 556 g/mol. The largest absolute Gasteiger partial charge is 0.372 e. The molecule has 0 fully saturated rings. The van der Waals surface area contributed by atoms with Crippen molar-refractivity contribution in [3.63, 3.8) is 0 Å². The molecule has 0 amide bonds. The van der Waals surface area contributed by atoms with Gasteiger partial charge in [-0.15, -0.1) is 34.2 Å². The van der Waals surface area contributed by atoms with E-state index in [1.165, 1.54) is 5.56 Å². The van der Waals surface area contributed by atoms with Crippen LogP contribution in [0, 0.1) is 0 Å². The van der Waals surface area contributed by atoms with Crippen molar-refractivity contribution < 1.29 is 4.74 Å². The molecule has 0 spiro atoms. The number of aliphatic imine (C=N–C) groups is 1. The molecule has 2 aromatic carbocycles. The van der Waals surface area contributed by atoms with E-state index in [2.05, 4.69) is 52.0 Å². The minimum Gasteiger partial charge on any atom is -0.372 e. The number of rotatable bonds is 9.